The number of hydrogen-bond acceptors (Lipinski definition) is 4. The number of carbonyl (C=O) groups is 1. The van der Waals surface area contributed by atoms with Gasteiger partial charge in [-0.1, -0.05) is 35.5 Å². The Kier molecular flexibility index (Phi) is 5.20. The number of benzene rings is 2. The third kappa shape index (κ3) is 4.51. The maximum atomic E-state index is 12.8. The minimum absolute atomic E-state index is 0.375. The van der Waals surface area contributed by atoms with E-state index >= 15 is 0 Å². The van der Waals surface area contributed by atoms with Gasteiger partial charge in [-0.2, -0.15) is 0 Å². The second kappa shape index (κ2) is 7.72. The van der Waals surface area contributed by atoms with Crippen molar-refractivity contribution in [3.05, 3.63) is 77.4 Å². The fourth-order valence-corrected chi connectivity index (χ4v) is 3.07. The minimum atomic E-state index is -0.731. The van der Waals surface area contributed by atoms with Crippen LogP contribution in [-0.4, -0.2) is 11.8 Å². The smallest absolute Gasteiger partial charge is 0.297 e. The predicted octanol–water partition coefficient (Wildman–Crippen LogP) is 5.53. The van der Waals surface area contributed by atoms with Gasteiger partial charge in [-0.05, 0) is 48.9 Å². The van der Waals surface area contributed by atoms with E-state index in [2.05, 4.69) is 10.5 Å². The van der Waals surface area contributed by atoms with E-state index < -0.39 is 6.09 Å². The van der Waals surface area contributed by atoms with Crippen LogP contribution in [0.5, 0.6) is 0 Å². The first kappa shape index (κ1) is 16.9. The maximum absolute atomic E-state index is 12.8. The highest BCUT2D eigenvalue weighted by Crippen LogP contribution is 2.28. The van der Waals surface area contributed by atoms with Crippen LogP contribution in [0.15, 0.2) is 71.9 Å². The van der Waals surface area contributed by atoms with E-state index in [1.165, 1.54) is 24.3 Å². The Balaban J connectivity index is 1.62. The summed E-state index contributed by atoms with van der Waals surface area (Å²) in [6.45, 7) is 1.77. The predicted molar refractivity (Wildman–Crippen MR) is 98.5 cm³/mol. The molecule has 0 aliphatic rings. The van der Waals surface area contributed by atoms with Crippen molar-refractivity contribution < 1.29 is 14.0 Å². The molecule has 1 heterocycles. The third-order valence-electron chi connectivity index (χ3n) is 3.38. The molecule has 0 aliphatic carbocycles. The minimum Gasteiger partial charge on any atom is -0.297 e. The summed E-state index contributed by atoms with van der Waals surface area (Å²) in [5.74, 6) is -0.375. The van der Waals surface area contributed by atoms with Gasteiger partial charge in [0.05, 0.1) is 10.6 Å². The average Bonchev–Trinajstić information content (AvgIpc) is 3.13. The summed E-state index contributed by atoms with van der Waals surface area (Å²) in [6.07, 6.45) is -0.731. The van der Waals surface area contributed by atoms with Gasteiger partial charge < -0.3 is 0 Å². The average molecular weight is 354 g/mol. The number of carbonyl (C=O) groups excluding carboxylic acids is 1. The van der Waals surface area contributed by atoms with Crippen LogP contribution in [0.25, 0.3) is 10.4 Å². The normalized spacial score (nSPS) is 11.2. The van der Waals surface area contributed by atoms with Crippen LogP contribution in [0.3, 0.4) is 0 Å². The highest BCUT2D eigenvalue weighted by Gasteiger charge is 2.07. The number of thiophene rings is 1. The number of hydrogen-bond donors (Lipinski definition) is 1. The monoisotopic (exact) mass is 354 g/mol. The first-order valence-corrected chi connectivity index (χ1v) is 8.37. The van der Waals surface area contributed by atoms with Crippen LogP contribution in [-0.2, 0) is 4.84 Å². The van der Waals surface area contributed by atoms with E-state index in [1.807, 2.05) is 42.5 Å². The second-order valence-corrected chi connectivity index (χ2v) is 6.30. The molecule has 0 unspecified atom stereocenters. The summed E-state index contributed by atoms with van der Waals surface area (Å²) >= 11 is 1.57. The lowest BCUT2D eigenvalue weighted by Crippen LogP contribution is -2.11. The molecular weight excluding hydrogens is 339 g/mol. The molecule has 0 saturated carbocycles. The Labute approximate surface area is 148 Å². The molecule has 0 fully saturated rings. The molecule has 1 N–H and O–H groups in total. The Morgan fingerprint density at radius 3 is 2.48 bits per heavy atom. The molecule has 0 radical (unpaired) electrons. The lowest BCUT2D eigenvalue weighted by molar-refractivity contribution is 0.166. The number of nitrogens with one attached hydrogen (secondary N) is 1. The zero-order valence-electron chi connectivity index (χ0n) is 13.4. The fraction of sp³-hybridized carbons (Fsp3) is 0.0526. The van der Waals surface area contributed by atoms with Gasteiger partial charge in [0.25, 0.3) is 0 Å². The number of rotatable bonds is 4. The summed E-state index contributed by atoms with van der Waals surface area (Å²) in [7, 11) is 0. The number of halogens is 1. The molecule has 1 aromatic heterocycles. The number of nitrogens with zero attached hydrogens (tertiary/aromatic N) is 1. The van der Waals surface area contributed by atoms with E-state index in [9.17, 15) is 9.18 Å². The van der Waals surface area contributed by atoms with E-state index in [0.29, 0.717) is 11.4 Å². The van der Waals surface area contributed by atoms with Gasteiger partial charge in [-0.25, -0.2) is 9.18 Å². The van der Waals surface area contributed by atoms with Crippen molar-refractivity contribution in [2.75, 3.05) is 5.32 Å². The van der Waals surface area contributed by atoms with Gasteiger partial charge in [0.15, 0.2) is 0 Å². The molecule has 3 aromatic rings. The van der Waals surface area contributed by atoms with Gasteiger partial charge in [-0.3, -0.25) is 10.2 Å². The molecule has 0 atom stereocenters. The van der Waals surface area contributed by atoms with Crippen molar-refractivity contribution in [1.82, 2.24) is 0 Å². The lowest BCUT2D eigenvalue weighted by atomic mass is 10.2. The number of amides is 1. The first-order valence-electron chi connectivity index (χ1n) is 7.55. The Bertz CT molecular complexity index is 889. The van der Waals surface area contributed by atoms with Crippen molar-refractivity contribution in [2.45, 2.75) is 6.92 Å². The summed E-state index contributed by atoms with van der Waals surface area (Å²) in [5, 5.41) is 6.33. The van der Waals surface area contributed by atoms with E-state index in [-0.39, 0.29) is 5.82 Å². The molecule has 6 heteroatoms. The van der Waals surface area contributed by atoms with Crippen molar-refractivity contribution in [1.29, 1.82) is 0 Å². The van der Waals surface area contributed by atoms with E-state index in [0.717, 1.165) is 15.3 Å². The zero-order valence-corrected chi connectivity index (χ0v) is 14.2. The SMILES string of the molecule is C/C(=N/OC(=O)Nc1ccc(F)cc1)c1ccc(-c2ccccc2)s1. The van der Waals surface area contributed by atoms with Gasteiger partial charge in [-0.15, -0.1) is 11.3 Å². The first-order chi connectivity index (χ1) is 12.1. The highest BCUT2D eigenvalue weighted by molar-refractivity contribution is 7.17. The molecule has 0 bridgehead atoms. The van der Waals surface area contributed by atoms with Crippen molar-refractivity contribution >= 4 is 28.8 Å². The fourth-order valence-electron chi connectivity index (χ4n) is 2.12. The highest BCUT2D eigenvalue weighted by atomic mass is 32.1. The van der Waals surface area contributed by atoms with Crippen LogP contribution in [0, 0.1) is 5.82 Å². The molecule has 25 heavy (non-hydrogen) atoms. The molecule has 0 aliphatic heterocycles. The lowest BCUT2D eigenvalue weighted by Gasteiger charge is -2.03. The summed E-state index contributed by atoms with van der Waals surface area (Å²) in [6, 6.07) is 19.3. The van der Waals surface area contributed by atoms with E-state index in [1.54, 1.807) is 18.3 Å². The molecule has 0 spiro atoms. The molecular formula is C19H15FN2O2S. The van der Waals surface area contributed by atoms with Crippen LogP contribution in [0.2, 0.25) is 0 Å². The molecule has 4 nitrogen and oxygen atoms in total. The zero-order chi connectivity index (χ0) is 17.6. The van der Waals surface area contributed by atoms with Crippen LogP contribution in [0.1, 0.15) is 11.8 Å². The molecule has 126 valence electrons. The topological polar surface area (TPSA) is 50.7 Å². The largest absolute Gasteiger partial charge is 0.437 e. The third-order valence-corrected chi connectivity index (χ3v) is 4.62. The molecule has 2 aromatic carbocycles. The quantitative estimate of drug-likeness (QED) is 0.381. The van der Waals surface area contributed by atoms with Gasteiger partial charge in [0, 0.05) is 10.6 Å². The molecule has 0 saturated heterocycles. The summed E-state index contributed by atoms with van der Waals surface area (Å²) in [5.41, 5.74) is 2.16. The van der Waals surface area contributed by atoms with Crippen molar-refractivity contribution in [3.63, 3.8) is 0 Å². The second-order valence-electron chi connectivity index (χ2n) is 5.22. The van der Waals surface area contributed by atoms with Crippen molar-refractivity contribution in [3.8, 4) is 10.4 Å². The van der Waals surface area contributed by atoms with Gasteiger partial charge in [0.2, 0.25) is 0 Å². The van der Waals surface area contributed by atoms with Crippen LogP contribution in [0.4, 0.5) is 14.9 Å². The van der Waals surface area contributed by atoms with Crippen LogP contribution >= 0.6 is 11.3 Å². The van der Waals surface area contributed by atoms with Gasteiger partial charge in [0.1, 0.15) is 5.82 Å². The maximum Gasteiger partial charge on any atom is 0.437 e. The number of oxime groups is 1. The standard InChI is InChI=1S/C19H15FN2O2S/c1-13(17-11-12-18(25-17)14-5-3-2-4-6-14)22-24-19(23)21-16-9-7-15(20)8-10-16/h2-12H,1H3,(H,21,23)/b22-13-. The Morgan fingerprint density at radius 1 is 1.04 bits per heavy atom. The Hall–Kier alpha value is -2.99. The summed E-state index contributed by atoms with van der Waals surface area (Å²) < 4.78 is 12.8. The molecule has 1 amide bonds. The van der Waals surface area contributed by atoms with E-state index in [4.69, 9.17) is 4.84 Å². The molecule has 3 rings (SSSR count). The van der Waals surface area contributed by atoms with Gasteiger partial charge >= 0.3 is 6.09 Å². The Morgan fingerprint density at radius 2 is 1.76 bits per heavy atom. The van der Waals surface area contributed by atoms with Crippen LogP contribution < -0.4 is 5.32 Å². The number of anilines is 1. The van der Waals surface area contributed by atoms with Crippen molar-refractivity contribution in [2.24, 2.45) is 5.16 Å². The summed E-state index contributed by atoms with van der Waals surface area (Å²) in [4.78, 5) is 18.6.